The van der Waals surface area contributed by atoms with E-state index < -0.39 is 18.5 Å². The third-order valence-corrected chi connectivity index (χ3v) is 6.44. The topological polar surface area (TPSA) is 63.2 Å². The number of methoxy groups -OCH3 is 2. The van der Waals surface area contributed by atoms with E-state index in [4.69, 9.17) is 23.7 Å². The summed E-state index contributed by atoms with van der Waals surface area (Å²) in [5.41, 5.74) is 0. The van der Waals surface area contributed by atoms with E-state index in [0.29, 0.717) is 13.2 Å². The Morgan fingerprint density at radius 3 is 1.64 bits per heavy atom. The Morgan fingerprint density at radius 2 is 1.21 bits per heavy atom. The van der Waals surface area contributed by atoms with Gasteiger partial charge in [-0.25, -0.2) is 0 Å². The van der Waals surface area contributed by atoms with Gasteiger partial charge >= 0.3 is 5.97 Å². The van der Waals surface area contributed by atoms with Gasteiger partial charge in [0.1, 0.15) is 12.2 Å². The zero-order valence-electron chi connectivity index (χ0n) is 22.0. The molecule has 1 fully saturated rings. The summed E-state index contributed by atoms with van der Waals surface area (Å²) < 4.78 is 27.9. The minimum atomic E-state index is -0.546. The van der Waals surface area contributed by atoms with Crippen LogP contribution in [0.15, 0.2) is 0 Å². The summed E-state index contributed by atoms with van der Waals surface area (Å²) in [6.07, 6.45) is 19.7. The van der Waals surface area contributed by atoms with E-state index in [1.54, 1.807) is 14.2 Å². The number of carbonyl (C=O) groups is 1. The van der Waals surface area contributed by atoms with Crippen LogP contribution in [0.3, 0.4) is 0 Å². The van der Waals surface area contributed by atoms with Gasteiger partial charge in [-0.05, 0) is 6.42 Å². The summed E-state index contributed by atoms with van der Waals surface area (Å²) in [5.74, 6) is -0.350. The number of hydrogen-bond acceptors (Lipinski definition) is 6. The van der Waals surface area contributed by atoms with E-state index in [9.17, 15) is 4.79 Å². The maximum Gasteiger partial charge on any atom is 0.303 e. The average Bonchev–Trinajstić information content (AvgIpc) is 3.11. The first-order valence-corrected chi connectivity index (χ1v) is 13.6. The molecule has 0 spiro atoms. The molecule has 6 heteroatoms. The lowest BCUT2D eigenvalue weighted by molar-refractivity contribution is -0.168. The lowest BCUT2D eigenvalue weighted by Crippen LogP contribution is -2.40. The minimum absolute atomic E-state index is 0.330. The van der Waals surface area contributed by atoms with Crippen molar-refractivity contribution in [1.29, 1.82) is 0 Å². The highest BCUT2D eigenvalue weighted by molar-refractivity contribution is 5.66. The van der Waals surface area contributed by atoms with Gasteiger partial charge in [0.25, 0.3) is 0 Å². The molecule has 0 bridgehead atoms. The predicted octanol–water partition coefficient (Wildman–Crippen LogP) is 6.58. The Kier molecular flexibility index (Phi) is 19.0. The molecular formula is C27H52O6. The first-order chi connectivity index (χ1) is 16.1. The molecule has 196 valence electrons. The fourth-order valence-electron chi connectivity index (χ4n) is 4.56. The Balaban J connectivity index is 2.01. The lowest BCUT2D eigenvalue weighted by Gasteiger charge is -2.23. The van der Waals surface area contributed by atoms with E-state index >= 15 is 0 Å². The van der Waals surface area contributed by atoms with Crippen molar-refractivity contribution in [2.24, 2.45) is 0 Å². The minimum Gasteiger partial charge on any atom is -0.457 e. The van der Waals surface area contributed by atoms with Crippen molar-refractivity contribution in [1.82, 2.24) is 0 Å². The molecule has 0 radical (unpaired) electrons. The molecule has 1 rings (SSSR count). The summed E-state index contributed by atoms with van der Waals surface area (Å²) in [7, 11) is 3.18. The fraction of sp³-hybridized carbons (Fsp3) is 0.963. The summed E-state index contributed by atoms with van der Waals surface area (Å²) in [5, 5.41) is 0. The lowest BCUT2D eigenvalue weighted by atomic mass is 10.0. The molecule has 0 aliphatic carbocycles. The zero-order chi connectivity index (χ0) is 24.2. The number of ether oxygens (including phenoxy) is 5. The standard InChI is InChI=1S/C27H52O6/c1-5-6-7-8-9-10-11-12-13-14-15-16-17-18-19-20-21-31-26-25(32-23(2)28)24(22-29-3)33-27(26)30-4/h24-27H,5-22H2,1-4H3/t24-,25+,26-,27+/m1/s1. The first kappa shape index (κ1) is 30.3. The van der Waals surface area contributed by atoms with Crippen molar-refractivity contribution in [3.05, 3.63) is 0 Å². The Labute approximate surface area is 203 Å². The van der Waals surface area contributed by atoms with Gasteiger partial charge < -0.3 is 23.7 Å². The Bertz CT molecular complexity index is 458. The normalized spacial score (nSPS) is 22.7. The molecule has 0 amide bonds. The quantitative estimate of drug-likeness (QED) is 0.131. The molecule has 1 heterocycles. The highest BCUT2D eigenvalue weighted by atomic mass is 16.7. The SMILES string of the molecule is CCCCCCCCCCCCCCCCCCO[C@H]1[C@@H](OC)O[C@H](COC)[C@@H]1OC(C)=O. The van der Waals surface area contributed by atoms with Gasteiger partial charge in [-0.3, -0.25) is 4.79 Å². The fourth-order valence-corrected chi connectivity index (χ4v) is 4.56. The Hall–Kier alpha value is -0.690. The second-order valence-corrected chi connectivity index (χ2v) is 9.45. The summed E-state index contributed by atoms with van der Waals surface area (Å²) in [6.45, 7) is 4.62. The van der Waals surface area contributed by atoms with Crippen LogP contribution in [0.25, 0.3) is 0 Å². The van der Waals surface area contributed by atoms with Crippen molar-refractivity contribution < 1.29 is 28.5 Å². The molecule has 0 saturated carbocycles. The van der Waals surface area contributed by atoms with Crippen LogP contribution in [-0.2, 0) is 28.5 Å². The summed E-state index contributed by atoms with van der Waals surface area (Å²) >= 11 is 0. The van der Waals surface area contributed by atoms with Gasteiger partial charge in [0.05, 0.1) is 6.61 Å². The van der Waals surface area contributed by atoms with Gasteiger partial charge in [0.2, 0.25) is 0 Å². The zero-order valence-corrected chi connectivity index (χ0v) is 22.0. The predicted molar refractivity (Wildman–Crippen MR) is 132 cm³/mol. The van der Waals surface area contributed by atoms with Crippen molar-refractivity contribution in [3.8, 4) is 0 Å². The largest absolute Gasteiger partial charge is 0.457 e. The van der Waals surface area contributed by atoms with Crippen LogP contribution in [0.2, 0.25) is 0 Å². The molecule has 4 atom stereocenters. The number of unbranched alkanes of at least 4 members (excludes halogenated alkanes) is 15. The highest BCUT2D eigenvalue weighted by Gasteiger charge is 2.48. The molecule has 0 N–H and O–H groups in total. The first-order valence-electron chi connectivity index (χ1n) is 13.6. The molecule has 1 aliphatic heterocycles. The highest BCUT2D eigenvalue weighted by Crippen LogP contribution is 2.28. The van der Waals surface area contributed by atoms with Crippen molar-refractivity contribution >= 4 is 5.97 Å². The smallest absolute Gasteiger partial charge is 0.303 e. The van der Waals surface area contributed by atoms with Crippen LogP contribution < -0.4 is 0 Å². The van der Waals surface area contributed by atoms with Gasteiger partial charge in [-0.2, -0.15) is 0 Å². The Morgan fingerprint density at radius 1 is 0.727 bits per heavy atom. The molecule has 1 saturated heterocycles. The van der Waals surface area contributed by atoms with Gasteiger partial charge in [0.15, 0.2) is 12.4 Å². The maximum absolute atomic E-state index is 11.5. The van der Waals surface area contributed by atoms with Crippen molar-refractivity contribution in [2.75, 3.05) is 27.4 Å². The maximum atomic E-state index is 11.5. The molecule has 0 aromatic rings. The van der Waals surface area contributed by atoms with E-state index in [0.717, 1.165) is 12.8 Å². The molecule has 6 nitrogen and oxygen atoms in total. The van der Waals surface area contributed by atoms with Crippen LogP contribution in [-0.4, -0.2) is 58.0 Å². The van der Waals surface area contributed by atoms with E-state index in [2.05, 4.69) is 6.92 Å². The summed E-state index contributed by atoms with van der Waals surface area (Å²) in [4.78, 5) is 11.5. The number of carbonyl (C=O) groups excluding carboxylic acids is 1. The van der Waals surface area contributed by atoms with Crippen molar-refractivity contribution in [3.63, 3.8) is 0 Å². The van der Waals surface area contributed by atoms with Crippen LogP contribution >= 0.6 is 0 Å². The third-order valence-electron chi connectivity index (χ3n) is 6.44. The second-order valence-electron chi connectivity index (χ2n) is 9.45. The van der Waals surface area contributed by atoms with Crippen LogP contribution in [0.1, 0.15) is 117 Å². The number of esters is 1. The molecule has 0 unspecified atom stereocenters. The summed E-state index contributed by atoms with van der Waals surface area (Å²) in [6, 6.07) is 0. The average molecular weight is 473 g/mol. The van der Waals surface area contributed by atoms with E-state index in [1.807, 2.05) is 0 Å². The molecular weight excluding hydrogens is 420 g/mol. The number of hydrogen-bond donors (Lipinski definition) is 0. The number of rotatable bonds is 22. The molecule has 33 heavy (non-hydrogen) atoms. The van der Waals surface area contributed by atoms with Crippen LogP contribution in [0.4, 0.5) is 0 Å². The molecule has 1 aliphatic rings. The molecule has 0 aromatic carbocycles. The molecule has 0 aromatic heterocycles. The third kappa shape index (κ3) is 14.3. The van der Waals surface area contributed by atoms with Crippen molar-refractivity contribution in [2.45, 2.75) is 141 Å². The van der Waals surface area contributed by atoms with Crippen LogP contribution in [0.5, 0.6) is 0 Å². The van der Waals surface area contributed by atoms with E-state index in [-0.39, 0.29) is 12.1 Å². The van der Waals surface area contributed by atoms with Crippen LogP contribution in [0, 0.1) is 0 Å². The van der Waals surface area contributed by atoms with Gasteiger partial charge in [-0.15, -0.1) is 0 Å². The van der Waals surface area contributed by atoms with E-state index in [1.165, 1.54) is 96.8 Å². The monoisotopic (exact) mass is 472 g/mol. The van der Waals surface area contributed by atoms with Gasteiger partial charge in [-0.1, -0.05) is 103 Å². The van der Waals surface area contributed by atoms with Gasteiger partial charge in [0, 0.05) is 27.8 Å². The second kappa shape index (κ2) is 20.7.